The Kier molecular flexibility index (Phi) is 5.02. The first-order chi connectivity index (χ1) is 11.3. The fourth-order valence-corrected chi connectivity index (χ4v) is 2.44. The van der Waals surface area contributed by atoms with Gasteiger partial charge in [0.15, 0.2) is 17.7 Å². The lowest BCUT2D eigenvalue weighted by atomic mass is 10.0. The van der Waals surface area contributed by atoms with E-state index < -0.39 is 29.5 Å². The van der Waals surface area contributed by atoms with Crippen LogP contribution in [0.25, 0.3) is 0 Å². The van der Waals surface area contributed by atoms with E-state index in [9.17, 15) is 18.4 Å². The molecule has 1 aromatic carbocycles. The molecular weight excluding hydrogens is 320 g/mol. The molecule has 0 fully saturated rings. The number of esters is 1. The van der Waals surface area contributed by atoms with Crippen LogP contribution in [0.4, 0.5) is 8.78 Å². The largest absolute Gasteiger partial charge is 0.479 e. The Morgan fingerprint density at radius 1 is 1.21 bits per heavy atom. The molecule has 0 aliphatic carbocycles. The lowest BCUT2D eigenvalue weighted by Gasteiger charge is -2.15. The molecule has 1 N–H and O–H groups in total. The van der Waals surface area contributed by atoms with Crippen LogP contribution in [0, 0.1) is 25.5 Å². The number of halogens is 2. The van der Waals surface area contributed by atoms with Gasteiger partial charge in [0.25, 0.3) is 0 Å². The van der Waals surface area contributed by atoms with E-state index >= 15 is 0 Å². The number of rotatable bonds is 5. The third-order valence-electron chi connectivity index (χ3n) is 3.64. The molecule has 0 saturated carbocycles. The Morgan fingerprint density at radius 2 is 1.88 bits per heavy atom. The summed E-state index contributed by atoms with van der Waals surface area (Å²) in [6.07, 6.45) is -1.02. The highest BCUT2D eigenvalue weighted by atomic mass is 19.1. The summed E-state index contributed by atoms with van der Waals surface area (Å²) < 4.78 is 36.5. The van der Waals surface area contributed by atoms with Crippen molar-refractivity contribution in [3.8, 4) is 5.75 Å². The molecule has 0 amide bonds. The average molecular weight is 337 g/mol. The van der Waals surface area contributed by atoms with Gasteiger partial charge in [0.2, 0.25) is 5.78 Å². The maximum Gasteiger partial charge on any atom is 0.354 e. The summed E-state index contributed by atoms with van der Waals surface area (Å²) in [6, 6.07) is 2.83. The van der Waals surface area contributed by atoms with E-state index in [4.69, 9.17) is 4.74 Å². The third-order valence-corrected chi connectivity index (χ3v) is 3.64. The number of Topliss-reactive ketones (excluding diaryl/α,β-unsaturated/α-hetero) is 1. The van der Waals surface area contributed by atoms with Gasteiger partial charge in [-0.05, 0) is 38.5 Å². The number of H-pyrrole nitrogens is 1. The van der Waals surface area contributed by atoms with E-state index in [0.717, 1.165) is 12.1 Å². The Bertz CT molecular complexity index is 798. The van der Waals surface area contributed by atoms with Gasteiger partial charge in [-0.1, -0.05) is 0 Å². The summed E-state index contributed by atoms with van der Waals surface area (Å²) in [6.45, 7) is 4.70. The van der Waals surface area contributed by atoms with Crippen molar-refractivity contribution in [3.05, 3.63) is 52.3 Å². The topological polar surface area (TPSA) is 68.4 Å². The van der Waals surface area contributed by atoms with Crippen molar-refractivity contribution in [2.24, 2.45) is 0 Å². The van der Waals surface area contributed by atoms with Gasteiger partial charge >= 0.3 is 5.97 Å². The van der Waals surface area contributed by atoms with Gasteiger partial charge in [-0.15, -0.1) is 0 Å². The van der Waals surface area contributed by atoms with Crippen molar-refractivity contribution < 1.29 is 27.8 Å². The van der Waals surface area contributed by atoms with Crippen LogP contribution in [0.1, 0.15) is 39.0 Å². The molecule has 128 valence electrons. The molecule has 0 radical (unpaired) electrons. The number of hydrogen-bond donors (Lipinski definition) is 1. The number of nitrogens with one attached hydrogen (secondary N) is 1. The van der Waals surface area contributed by atoms with Crippen LogP contribution in [0.5, 0.6) is 5.75 Å². The molecule has 7 heteroatoms. The van der Waals surface area contributed by atoms with Gasteiger partial charge in [0.1, 0.15) is 11.5 Å². The van der Waals surface area contributed by atoms with Crippen molar-refractivity contribution in [1.82, 2.24) is 4.98 Å². The predicted octanol–water partition coefficient (Wildman–Crippen LogP) is 3.35. The Balaban J connectivity index is 2.28. The van der Waals surface area contributed by atoms with Crippen LogP contribution in [0.2, 0.25) is 0 Å². The van der Waals surface area contributed by atoms with E-state index in [-0.39, 0.29) is 17.0 Å². The molecule has 0 aliphatic rings. The predicted molar refractivity (Wildman–Crippen MR) is 82.4 cm³/mol. The molecule has 1 aromatic heterocycles. The van der Waals surface area contributed by atoms with Gasteiger partial charge < -0.3 is 14.5 Å². The summed E-state index contributed by atoms with van der Waals surface area (Å²) in [5.74, 6) is -2.88. The highest BCUT2D eigenvalue weighted by Gasteiger charge is 2.27. The number of ether oxygens (including phenoxy) is 2. The third kappa shape index (κ3) is 3.29. The molecule has 0 saturated heterocycles. The number of ketones is 1. The number of hydrogen-bond acceptors (Lipinski definition) is 4. The smallest absolute Gasteiger partial charge is 0.354 e. The maximum atomic E-state index is 13.6. The van der Waals surface area contributed by atoms with E-state index in [0.29, 0.717) is 17.3 Å². The Hall–Kier alpha value is -2.70. The minimum Gasteiger partial charge on any atom is -0.479 e. The molecule has 0 spiro atoms. The zero-order chi connectivity index (χ0) is 18.0. The lowest BCUT2D eigenvalue weighted by molar-refractivity contribution is 0.0594. The molecule has 1 atom stereocenters. The molecule has 0 aliphatic heterocycles. The number of methoxy groups -OCH3 is 1. The summed E-state index contributed by atoms with van der Waals surface area (Å²) in [7, 11) is 1.24. The average Bonchev–Trinajstić information content (AvgIpc) is 2.83. The van der Waals surface area contributed by atoms with Gasteiger partial charge in [-0.2, -0.15) is 0 Å². The van der Waals surface area contributed by atoms with Crippen molar-refractivity contribution in [3.63, 3.8) is 0 Å². The number of aromatic amines is 1. The number of aryl methyl sites for hydroxylation is 1. The van der Waals surface area contributed by atoms with E-state index in [1.54, 1.807) is 13.8 Å². The first-order valence-corrected chi connectivity index (χ1v) is 7.19. The molecule has 5 nitrogen and oxygen atoms in total. The number of carbonyl (C=O) groups is 2. The second-order valence-electron chi connectivity index (χ2n) is 5.32. The molecule has 24 heavy (non-hydrogen) atoms. The van der Waals surface area contributed by atoms with Crippen molar-refractivity contribution >= 4 is 11.8 Å². The fraction of sp³-hybridized carbons (Fsp3) is 0.294. The van der Waals surface area contributed by atoms with Gasteiger partial charge in [-0.25, -0.2) is 13.6 Å². The summed E-state index contributed by atoms with van der Waals surface area (Å²) >= 11 is 0. The highest BCUT2D eigenvalue weighted by molar-refractivity contribution is 6.04. The Morgan fingerprint density at radius 3 is 2.46 bits per heavy atom. The van der Waals surface area contributed by atoms with Crippen molar-refractivity contribution in [2.45, 2.75) is 26.9 Å². The number of aromatic nitrogens is 1. The first kappa shape index (κ1) is 17.7. The standard InChI is InChI=1S/C17H17F2NO4/c1-8-14(9(2)20-15(8)17(22)23-4)16(21)10(3)24-13-6-5-11(18)7-12(13)19/h5-7,10,20H,1-4H3/t10-/m1/s1. The van der Waals surface area contributed by atoms with Gasteiger partial charge in [0.05, 0.1) is 7.11 Å². The van der Waals surface area contributed by atoms with Crippen LogP contribution in [-0.2, 0) is 4.74 Å². The van der Waals surface area contributed by atoms with Crippen LogP contribution in [0.3, 0.4) is 0 Å². The summed E-state index contributed by atoms with van der Waals surface area (Å²) in [5, 5.41) is 0. The van der Waals surface area contributed by atoms with Crippen molar-refractivity contribution in [2.75, 3.05) is 7.11 Å². The summed E-state index contributed by atoms with van der Waals surface area (Å²) in [4.78, 5) is 27.1. The molecule has 1 heterocycles. The lowest BCUT2D eigenvalue weighted by Crippen LogP contribution is -2.25. The molecular formula is C17H17F2NO4. The number of benzene rings is 1. The quantitative estimate of drug-likeness (QED) is 0.671. The minimum atomic E-state index is -1.02. The van der Waals surface area contributed by atoms with Crippen LogP contribution in [-0.4, -0.2) is 30.0 Å². The molecule has 2 aromatic rings. The monoisotopic (exact) mass is 337 g/mol. The SMILES string of the molecule is COC(=O)c1[nH]c(C)c(C(=O)[C@@H](C)Oc2ccc(F)cc2F)c1C. The minimum absolute atomic E-state index is 0.179. The summed E-state index contributed by atoms with van der Waals surface area (Å²) in [5.41, 5.74) is 1.37. The van der Waals surface area contributed by atoms with E-state index in [1.807, 2.05) is 0 Å². The van der Waals surface area contributed by atoms with Crippen LogP contribution < -0.4 is 4.74 Å². The molecule has 2 rings (SSSR count). The maximum absolute atomic E-state index is 13.6. The fourth-order valence-electron chi connectivity index (χ4n) is 2.44. The second-order valence-corrected chi connectivity index (χ2v) is 5.32. The molecule has 0 unspecified atom stereocenters. The highest BCUT2D eigenvalue weighted by Crippen LogP contribution is 2.24. The Labute approximate surface area is 137 Å². The van der Waals surface area contributed by atoms with Gasteiger partial charge in [0, 0.05) is 17.3 Å². The van der Waals surface area contributed by atoms with Crippen molar-refractivity contribution in [1.29, 1.82) is 0 Å². The molecule has 0 bridgehead atoms. The van der Waals surface area contributed by atoms with E-state index in [1.165, 1.54) is 14.0 Å². The number of carbonyl (C=O) groups excluding carboxylic acids is 2. The first-order valence-electron chi connectivity index (χ1n) is 7.19. The normalized spacial score (nSPS) is 11.9. The zero-order valence-corrected chi connectivity index (χ0v) is 13.7. The van der Waals surface area contributed by atoms with Gasteiger partial charge in [-0.3, -0.25) is 4.79 Å². The van der Waals surface area contributed by atoms with Crippen LogP contribution in [0.15, 0.2) is 18.2 Å². The second kappa shape index (κ2) is 6.82. The van der Waals surface area contributed by atoms with E-state index in [2.05, 4.69) is 9.72 Å². The van der Waals surface area contributed by atoms with Crippen LogP contribution >= 0.6 is 0 Å². The zero-order valence-electron chi connectivity index (χ0n) is 13.7.